The molecule has 1 aromatic carbocycles. The van der Waals surface area contributed by atoms with E-state index in [9.17, 15) is 10.1 Å². The van der Waals surface area contributed by atoms with E-state index in [1.165, 1.54) is 23.9 Å². The highest BCUT2D eigenvalue weighted by Crippen LogP contribution is 2.24. The fourth-order valence-electron chi connectivity index (χ4n) is 2.52. The Morgan fingerprint density at radius 1 is 1.22 bits per heavy atom. The van der Waals surface area contributed by atoms with Gasteiger partial charge in [0, 0.05) is 29.1 Å². The first-order valence-corrected chi connectivity index (χ1v) is 8.89. The molecule has 4 rings (SSSR count). The number of rotatable bonds is 5. The highest BCUT2D eigenvalue weighted by Gasteiger charge is 2.14. The zero-order valence-corrected chi connectivity index (χ0v) is 15.2. The second-order valence-corrected chi connectivity index (χ2v) is 6.70. The molecule has 0 saturated carbocycles. The maximum Gasteiger partial charge on any atom is 0.270 e. The van der Waals surface area contributed by atoms with Crippen molar-refractivity contribution in [2.45, 2.75) is 24.8 Å². The number of fused-ring (bicyclic) bond motifs is 1. The summed E-state index contributed by atoms with van der Waals surface area (Å²) in [5.41, 5.74) is 2.32. The minimum atomic E-state index is -0.465. The van der Waals surface area contributed by atoms with Gasteiger partial charge >= 0.3 is 0 Å². The van der Waals surface area contributed by atoms with Crippen molar-refractivity contribution in [3.8, 4) is 11.4 Å². The lowest BCUT2D eigenvalue weighted by molar-refractivity contribution is -0.384. The molecule has 0 aliphatic heterocycles. The van der Waals surface area contributed by atoms with Gasteiger partial charge < -0.3 is 4.52 Å². The molecule has 0 amide bonds. The largest absolute Gasteiger partial charge is 0.338 e. The molecule has 27 heavy (non-hydrogen) atoms. The molecule has 0 atom stereocenters. The first-order valence-electron chi connectivity index (χ1n) is 7.91. The van der Waals surface area contributed by atoms with E-state index in [1.807, 2.05) is 19.9 Å². The van der Waals surface area contributed by atoms with Crippen molar-refractivity contribution < 1.29 is 9.45 Å². The summed E-state index contributed by atoms with van der Waals surface area (Å²) in [6.45, 7) is 3.84. The van der Waals surface area contributed by atoms with E-state index >= 15 is 0 Å². The molecule has 11 heteroatoms. The average Bonchev–Trinajstić information content (AvgIpc) is 3.27. The molecule has 0 aliphatic rings. The topological polar surface area (TPSA) is 125 Å². The molecule has 0 N–H and O–H groups in total. The van der Waals surface area contributed by atoms with Crippen molar-refractivity contribution >= 4 is 23.2 Å². The van der Waals surface area contributed by atoms with Crippen LogP contribution in [0.15, 0.2) is 40.0 Å². The molecule has 10 nitrogen and oxygen atoms in total. The van der Waals surface area contributed by atoms with E-state index < -0.39 is 4.92 Å². The van der Waals surface area contributed by atoms with Crippen molar-refractivity contribution in [3.63, 3.8) is 0 Å². The molecule has 0 spiro atoms. The standard InChI is InChI=1S/C16H13N7O3S/c1-9-6-10(2)22-15(17-9)19-16(20-22)27-8-13-18-14(21-26-13)11-4-3-5-12(7-11)23(24)25/h3-7H,8H2,1-2H3. The lowest BCUT2D eigenvalue weighted by Gasteiger charge is -1.97. The van der Waals surface area contributed by atoms with Crippen LogP contribution in [-0.2, 0) is 5.75 Å². The number of nitro groups is 1. The number of benzene rings is 1. The summed E-state index contributed by atoms with van der Waals surface area (Å²) < 4.78 is 6.91. The van der Waals surface area contributed by atoms with Crippen molar-refractivity contribution in [1.29, 1.82) is 0 Å². The Hall–Kier alpha value is -3.34. The Labute approximate surface area is 156 Å². The molecular formula is C16H13N7O3S. The number of non-ortho nitro benzene ring substituents is 1. The van der Waals surface area contributed by atoms with E-state index in [1.54, 1.807) is 16.6 Å². The fourth-order valence-corrected chi connectivity index (χ4v) is 3.18. The SMILES string of the molecule is Cc1cc(C)n2nc(SCc3nc(-c4cccc([N+](=O)[O-])c4)no3)nc2n1. The van der Waals surface area contributed by atoms with Gasteiger partial charge in [0.2, 0.25) is 16.9 Å². The zero-order valence-electron chi connectivity index (χ0n) is 14.4. The van der Waals surface area contributed by atoms with Crippen LogP contribution in [0.3, 0.4) is 0 Å². The summed E-state index contributed by atoms with van der Waals surface area (Å²) in [7, 11) is 0. The van der Waals surface area contributed by atoms with Crippen molar-refractivity contribution in [2.24, 2.45) is 0 Å². The second-order valence-electron chi connectivity index (χ2n) is 5.75. The smallest absolute Gasteiger partial charge is 0.270 e. The molecular weight excluding hydrogens is 370 g/mol. The number of aromatic nitrogens is 6. The molecule has 3 aromatic heterocycles. The molecule has 0 radical (unpaired) electrons. The van der Waals surface area contributed by atoms with Gasteiger partial charge in [-0.1, -0.05) is 29.1 Å². The van der Waals surface area contributed by atoms with Gasteiger partial charge in [-0.3, -0.25) is 10.1 Å². The van der Waals surface area contributed by atoms with Gasteiger partial charge in [-0.05, 0) is 19.9 Å². The third-order valence-electron chi connectivity index (χ3n) is 3.71. The number of nitrogens with zero attached hydrogens (tertiary/aromatic N) is 7. The van der Waals surface area contributed by atoms with Crippen LogP contribution in [-0.4, -0.2) is 34.6 Å². The van der Waals surface area contributed by atoms with Gasteiger partial charge in [0.15, 0.2) is 0 Å². The van der Waals surface area contributed by atoms with Gasteiger partial charge in [-0.2, -0.15) is 9.97 Å². The third kappa shape index (κ3) is 3.49. The summed E-state index contributed by atoms with van der Waals surface area (Å²) in [5.74, 6) is 1.58. The summed E-state index contributed by atoms with van der Waals surface area (Å²) in [5, 5.41) is 19.7. The quantitative estimate of drug-likeness (QED) is 0.290. The summed E-state index contributed by atoms with van der Waals surface area (Å²) in [4.78, 5) is 23.4. The van der Waals surface area contributed by atoms with Crippen molar-refractivity contribution in [1.82, 2.24) is 29.7 Å². The van der Waals surface area contributed by atoms with E-state index in [4.69, 9.17) is 4.52 Å². The minimum Gasteiger partial charge on any atom is -0.338 e. The zero-order chi connectivity index (χ0) is 19.0. The molecule has 0 bridgehead atoms. The Morgan fingerprint density at radius 3 is 2.89 bits per heavy atom. The predicted octanol–water partition coefficient (Wildman–Crippen LogP) is 2.99. The molecule has 136 valence electrons. The summed E-state index contributed by atoms with van der Waals surface area (Å²) in [6.07, 6.45) is 0. The van der Waals surface area contributed by atoms with Gasteiger partial charge in [0.1, 0.15) is 0 Å². The molecule has 0 saturated heterocycles. The number of aryl methyl sites for hydroxylation is 2. The van der Waals surface area contributed by atoms with Crippen molar-refractivity contribution in [3.05, 3.63) is 57.7 Å². The van der Waals surface area contributed by atoms with Gasteiger partial charge in [0.25, 0.3) is 11.5 Å². The van der Waals surface area contributed by atoms with E-state index in [0.29, 0.717) is 34.0 Å². The van der Waals surface area contributed by atoms with E-state index in [0.717, 1.165) is 11.4 Å². The predicted molar refractivity (Wildman–Crippen MR) is 96.2 cm³/mol. The Morgan fingerprint density at radius 2 is 2.07 bits per heavy atom. The molecule has 0 unspecified atom stereocenters. The normalized spacial score (nSPS) is 11.2. The molecule has 0 fully saturated rings. The highest BCUT2D eigenvalue weighted by atomic mass is 32.2. The van der Waals surface area contributed by atoms with Crippen LogP contribution in [0.2, 0.25) is 0 Å². The van der Waals surface area contributed by atoms with Crippen LogP contribution in [0.1, 0.15) is 17.3 Å². The Bertz CT molecular complexity index is 1150. The maximum absolute atomic E-state index is 10.9. The summed E-state index contributed by atoms with van der Waals surface area (Å²) in [6, 6.07) is 8.01. The van der Waals surface area contributed by atoms with E-state index in [2.05, 4.69) is 25.2 Å². The maximum atomic E-state index is 10.9. The van der Waals surface area contributed by atoms with Crippen LogP contribution < -0.4 is 0 Å². The first kappa shape index (κ1) is 17.1. The van der Waals surface area contributed by atoms with Crippen LogP contribution >= 0.6 is 11.8 Å². The molecule has 4 aromatic rings. The van der Waals surface area contributed by atoms with Gasteiger partial charge in [0.05, 0.1) is 10.7 Å². The minimum absolute atomic E-state index is 0.0275. The first-order chi connectivity index (χ1) is 13.0. The Kier molecular flexibility index (Phi) is 4.28. The Balaban J connectivity index is 1.51. The number of nitro benzene ring substituents is 1. The number of thioether (sulfide) groups is 1. The average molecular weight is 383 g/mol. The third-order valence-corrected chi connectivity index (χ3v) is 4.53. The monoisotopic (exact) mass is 383 g/mol. The number of hydrogen-bond donors (Lipinski definition) is 0. The number of hydrogen-bond acceptors (Lipinski definition) is 9. The lowest BCUT2D eigenvalue weighted by Crippen LogP contribution is -1.97. The van der Waals surface area contributed by atoms with Gasteiger partial charge in [-0.15, -0.1) is 5.10 Å². The van der Waals surface area contributed by atoms with Gasteiger partial charge in [-0.25, -0.2) is 9.50 Å². The molecule has 3 heterocycles. The van der Waals surface area contributed by atoms with Crippen LogP contribution in [0.4, 0.5) is 5.69 Å². The molecule has 0 aliphatic carbocycles. The lowest BCUT2D eigenvalue weighted by atomic mass is 10.2. The highest BCUT2D eigenvalue weighted by molar-refractivity contribution is 7.98. The second kappa shape index (κ2) is 6.76. The van der Waals surface area contributed by atoms with Crippen LogP contribution in [0.5, 0.6) is 0 Å². The fraction of sp³-hybridized carbons (Fsp3) is 0.188. The van der Waals surface area contributed by atoms with Crippen molar-refractivity contribution in [2.75, 3.05) is 0 Å². The van der Waals surface area contributed by atoms with Crippen LogP contribution in [0, 0.1) is 24.0 Å². The summed E-state index contributed by atoms with van der Waals surface area (Å²) >= 11 is 1.34. The van der Waals surface area contributed by atoms with Crippen LogP contribution in [0.25, 0.3) is 17.2 Å². The van der Waals surface area contributed by atoms with E-state index in [-0.39, 0.29) is 5.69 Å².